The van der Waals surface area contributed by atoms with Gasteiger partial charge >= 0.3 is 0 Å². The number of rotatable bonds is 7. The van der Waals surface area contributed by atoms with Crippen molar-refractivity contribution in [1.29, 1.82) is 0 Å². The van der Waals surface area contributed by atoms with E-state index in [0.29, 0.717) is 37.6 Å². The minimum atomic E-state index is -0.515. The van der Waals surface area contributed by atoms with E-state index in [0.717, 1.165) is 5.56 Å². The first-order valence-corrected chi connectivity index (χ1v) is 7.35. The van der Waals surface area contributed by atoms with Crippen LogP contribution in [0.4, 0.5) is 0 Å². The van der Waals surface area contributed by atoms with Crippen LogP contribution in [0, 0.1) is 0 Å². The fourth-order valence-electron chi connectivity index (χ4n) is 2.26. The summed E-state index contributed by atoms with van der Waals surface area (Å²) in [6.07, 6.45) is 1.02. The molecular weight excluding hydrogens is 294 g/mol. The zero-order valence-corrected chi connectivity index (χ0v) is 12.6. The lowest BCUT2D eigenvalue weighted by Gasteiger charge is -2.27. The van der Waals surface area contributed by atoms with Crippen LogP contribution in [-0.2, 0) is 20.7 Å². The number of nitrogens with one attached hydrogen (secondary N) is 1. The number of benzene rings is 1. The minimum absolute atomic E-state index is 0.0412. The molecule has 1 aliphatic rings. The highest BCUT2D eigenvalue weighted by Crippen LogP contribution is 2.22. The number of aliphatic hydroxyl groups excluding tert-OH is 1. The summed E-state index contributed by atoms with van der Waals surface area (Å²) in [4.78, 5) is 12.0. The largest absolute Gasteiger partial charge is 0.394 e. The number of carbonyl (C=O) groups is 1. The van der Waals surface area contributed by atoms with Gasteiger partial charge in [0.1, 0.15) is 5.60 Å². The van der Waals surface area contributed by atoms with E-state index in [4.69, 9.17) is 26.2 Å². The lowest BCUT2D eigenvalue weighted by Crippen LogP contribution is -2.46. The number of carbonyl (C=O) groups excluding carboxylic acids is 1. The molecule has 6 heteroatoms. The van der Waals surface area contributed by atoms with Gasteiger partial charge in [0.25, 0.3) is 0 Å². The quantitative estimate of drug-likeness (QED) is 0.793. The van der Waals surface area contributed by atoms with Crippen LogP contribution >= 0.6 is 11.6 Å². The molecule has 0 radical (unpaired) electrons. The fourth-order valence-corrected chi connectivity index (χ4v) is 2.39. The molecule has 1 saturated heterocycles. The van der Waals surface area contributed by atoms with Gasteiger partial charge in [-0.2, -0.15) is 0 Å². The third-order valence-corrected chi connectivity index (χ3v) is 3.70. The SMILES string of the molecule is O=C(Cc1ccc(Cl)cc1)NCC1(OCCO)CCOC1. The molecule has 0 bridgehead atoms. The van der Waals surface area contributed by atoms with Crippen molar-refractivity contribution < 1.29 is 19.4 Å². The van der Waals surface area contributed by atoms with Crippen LogP contribution in [-0.4, -0.2) is 49.6 Å². The first-order valence-electron chi connectivity index (χ1n) is 6.97. The molecule has 116 valence electrons. The monoisotopic (exact) mass is 313 g/mol. The zero-order chi connectivity index (χ0) is 15.1. The Balaban J connectivity index is 1.82. The highest BCUT2D eigenvalue weighted by Gasteiger charge is 2.36. The number of aliphatic hydroxyl groups is 1. The highest BCUT2D eigenvalue weighted by molar-refractivity contribution is 6.30. The average molecular weight is 314 g/mol. The van der Waals surface area contributed by atoms with Gasteiger partial charge in [-0.3, -0.25) is 4.79 Å². The van der Waals surface area contributed by atoms with Crippen molar-refractivity contribution in [2.75, 3.05) is 33.0 Å². The summed E-state index contributed by atoms with van der Waals surface area (Å²) in [5.41, 5.74) is 0.392. The van der Waals surface area contributed by atoms with Crippen LogP contribution in [0.5, 0.6) is 0 Å². The van der Waals surface area contributed by atoms with E-state index in [1.165, 1.54) is 0 Å². The Morgan fingerprint density at radius 3 is 2.81 bits per heavy atom. The molecule has 0 aromatic heterocycles. The van der Waals surface area contributed by atoms with E-state index in [-0.39, 0.29) is 19.1 Å². The van der Waals surface area contributed by atoms with Crippen molar-refractivity contribution >= 4 is 17.5 Å². The second kappa shape index (κ2) is 7.75. The molecule has 1 amide bonds. The van der Waals surface area contributed by atoms with Gasteiger partial charge < -0.3 is 19.9 Å². The average Bonchev–Trinajstić information content (AvgIpc) is 2.95. The van der Waals surface area contributed by atoms with Gasteiger partial charge in [-0.05, 0) is 17.7 Å². The summed E-state index contributed by atoms with van der Waals surface area (Å²) in [6.45, 7) is 1.64. The molecule has 2 N–H and O–H groups in total. The predicted octanol–water partition coefficient (Wildman–Crippen LogP) is 1.17. The van der Waals surface area contributed by atoms with Gasteiger partial charge in [0, 0.05) is 24.6 Å². The Morgan fingerprint density at radius 2 is 2.19 bits per heavy atom. The summed E-state index contributed by atoms with van der Waals surface area (Å²) in [6, 6.07) is 7.19. The number of hydrogen-bond acceptors (Lipinski definition) is 4. The lowest BCUT2D eigenvalue weighted by molar-refractivity contribution is -0.123. The van der Waals surface area contributed by atoms with E-state index in [2.05, 4.69) is 5.32 Å². The van der Waals surface area contributed by atoms with Crippen LogP contribution in [0.2, 0.25) is 5.02 Å². The molecule has 0 aliphatic carbocycles. The summed E-state index contributed by atoms with van der Waals surface area (Å²) in [5, 5.41) is 12.4. The Morgan fingerprint density at radius 1 is 1.43 bits per heavy atom. The van der Waals surface area contributed by atoms with E-state index in [9.17, 15) is 4.79 Å². The van der Waals surface area contributed by atoms with E-state index in [1.54, 1.807) is 12.1 Å². The summed E-state index contributed by atoms with van der Waals surface area (Å²) < 4.78 is 11.0. The predicted molar refractivity (Wildman–Crippen MR) is 79.4 cm³/mol. The Labute approximate surface area is 129 Å². The van der Waals surface area contributed by atoms with Crippen molar-refractivity contribution in [3.8, 4) is 0 Å². The Hall–Kier alpha value is -1.14. The minimum Gasteiger partial charge on any atom is -0.394 e. The number of ether oxygens (including phenoxy) is 2. The van der Waals surface area contributed by atoms with Gasteiger partial charge in [0.05, 0.1) is 26.2 Å². The maximum absolute atomic E-state index is 12.0. The summed E-state index contributed by atoms with van der Waals surface area (Å²) >= 11 is 5.81. The van der Waals surface area contributed by atoms with Crippen molar-refractivity contribution in [3.63, 3.8) is 0 Å². The molecule has 1 atom stereocenters. The molecule has 0 saturated carbocycles. The molecule has 2 rings (SSSR count). The van der Waals surface area contributed by atoms with Crippen molar-refractivity contribution in [3.05, 3.63) is 34.9 Å². The first-order chi connectivity index (χ1) is 10.1. The molecule has 1 fully saturated rings. The van der Waals surface area contributed by atoms with Gasteiger partial charge in [0.2, 0.25) is 5.91 Å². The van der Waals surface area contributed by atoms with Crippen LogP contribution in [0.1, 0.15) is 12.0 Å². The van der Waals surface area contributed by atoms with Crippen molar-refractivity contribution in [1.82, 2.24) is 5.32 Å². The topological polar surface area (TPSA) is 67.8 Å². The van der Waals surface area contributed by atoms with Crippen LogP contribution in [0.15, 0.2) is 24.3 Å². The third-order valence-electron chi connectivity index (χ3n) is 3.45. The van der Waals surface area contributed by atoms with E-state index >= 15 is 0 Å². The third kappa shape index (κ3) is 4.97. The van der Waals surface area contributed by atoms with Gasteiger partial charge in [-0.15, -0.1) is 0 Å². The maximum Gasteiger partial charge on any atom is 0.224 e. The highest BCUT2D eigenvalue weighted by atomic mass is 35.5. The van der Waals surface area contributed by atoms with E-state index < -0.39 is 5.60 Å². The number of halogens is 1. The maximum atomic E-state index is 12.0. The van der Waals surface area contributed by atoms with E-state index in [1.807, 2.05) is 12.1 Å². The van der Waals surface area contributed by atoms with Crippen LogP contribution < -0.4 is 5.32 Å². The normalized spacial score (nSPS) is 21.4. The number of hydrogen-bond donors (Lipinski definition) is 2. The second-order valence-electron chi connectivity index (χ2n) is 5.14. The first kappa shape index (κ1) is 16.2. The van der Waals surface area contributed by atoms with Crippen molar-refractivity contribution in [2.24, 2.45) is 0 Å². The summed E-state index contributed by atoms with van der Waals surface area (Å²) in [5.74, 6) is -0.0730. The lowest BCUT2D eigenvalue weighted by atomic mass is 10.0. The van der Waals surface area contributed by atoms with Gasteiger partial charge in [-0.1, -0.05) is 23.7 Å². The molecule has 21 heavy (non-hydrogen) atoms. The van der Waals surface area contributed by atoms with Crippen LogP contribution in [0.3, 0.4) is 0 Å². The Bertz CT molecular complexity index is 457. The molecule has 1 heterocycles. The Kier molecular flexibility index (Phi) is 5.99. The molecule has 0 spiro atoms. The van der Waals surface area contributed by atoms with Gasteiger partial charge in [-0.25, -0.2) is 0 Å². The molecule has 5 nitrogen and oxygen atoms in total. The molecular formula is C15H20ClNO4. The smallest absolute Gasteiger partial charge is 0.224 e. The number of amides is 1. The zero-order valence-electron chi connectivity index (χ0n) is 11.8. The fraction of sp³-hybridized carbons (Fsp3) is 0.533. The molecule has 1 aromatic rings. The second-order valence-corrected chi connectivity index (χ2v) is 5.57. The van der Waals surface area contributed by atoms with Crippen molar-refractivity contribution in [2.45, 2.75) is 18.4 Å². The van der Waals surface area contributed by atoms with Gasteiger partial charge in [0.15, 0.2) is 0 Å². The van der Waals surface area contributed by atoms with Crippen LogP contribution in [0.25, 0.3) is 0 Å². The molecule has 1 unspecified atom stereocenters. The molecule has 1 aromatic carbocycles. The summed E-state index contributed by atoms with van der Waals surface area (Å²) in [7, 11) is 0. The standard InChI is InChI=1S/C15H20ClNO4/c16-13-3-1-12(2-4-13)9-14(19)17-10-15(21-8-6-18)5-7-20-11-15/h1-4,18H,5-11H2,(H,17,19). The molecule has 1 aliphatic heterocycles.